The number of carbonyl (C=O) groups is 1. The Balaban J connectivity index is 0.00000312. The molecule has 1 amide bonds. The monoisotopic (exact) mass is 472 g/mol. The standard InChI is InChI=1S/C18H24N4OS.HI/c1-13-7-8-16(24-13)12-22-18(20-3)21-10-9-14-5-4-6-15(11-14)17(23)19-2;/h4-8,11H,9-10,12H2,1-3H3,(H,19,23)(H2,20,21,22);1H. The lowest BCUT2D eigenvalue weighted by atomic mass is 10.1. The molecule has 1 heterocycles. The summed E-state index contributed by atoms with van der Waals surface area (Å²) in [6, 6.07) is 11.9. The molecule has 0 bridgehead atoms. The molecule has 136 valence electrons. The van der Waals surface area contributed by atoms with E-state index in [1.54, 1.807) is 25.4 Å². The molecular weight excluding hydrogens is 447 g/mol. The van der Waals surface area contributed by atoms with Crippen molar-refractivity contribution in [2.75, 3.05) is 20.6 Å². The van der Waals surface area contributed by atoms with Gasteiger partial charge in [-0.15, -0.1) is 35.3 Å². The highest BCUT2D eigenvalue weighted by Crippen LogP contribution is 2.14. The smallest absolute Gasteiger partial charge is 0.251 e. The van der Waals surface area contributed by atoms with Gasteiger partial charge in [-0.1, -0.05) is 12.1 Å². The highest BCUT2D eigenvalue weighted by molar-refractivity contribution is 14.0. The molecule has 1 aromatic heterocycles. The Kier molecular flexibility index (Phi) is 9.51. The van der Waals surface area contributed by atoms with E-state index in [0.29, 0.717) is 5.56 Å². The fraction of sp³-hybridized carbons (Fsp3) is 0.333. The summed E-state index contributed by atoms with van der Waals surface area (Å²) < 4.78 is 0. The Morgan fingerprint density at radius 2 is 2.00 bits per heavy atom. The highest BCUT2D eigenvalue weighted by atomic mass is 127. The third-order valence-corrected chi connectivity index (χ3v) is 4.57. The average molecular weight is 472 g/mol. The summed E-state index contributed by atoms with van der Waals surface area (Å²) in [5.74, 6) is 0.719. The maximum absolute atomic E-state index is 11.7. The lowest BCUT2D eigenvalue weighted by Gasteiger charge is -2.11. The first-order chi connectivity index (χ1) is 11.6. The summed E-state index contributed by atoms with van der Waals surface area (Å²) in [6.07, 6.45) is 0.823. The Labute approximate surface area is 170 Å². The van der Waals surface area contributed by atoms with Gasteiger partial charge in [0.2, 0.25) is 0 Å². The van der Waals surface area contributed by atoms with Crippen LogP contribution in [0.1, 0.15) is 25.7 Å². The van der Waals surface area contributed by atoms with Crippen LogP contribution >= 0.6 is 35.3 Å². The van der Waals surface area contributed by atoms with Gasteiger partial charge < -0.3 is 16.0 Å². The van der Waals surface area contributed by atoms with Crippen molar-refractivity contribution < 1.29 is 4.79 Å². The van der Waals surface area contributed by atoms with E-state index in [0.717, 1.165) is 31.0 Å². The molecule has 1 aromatic carbocycles. The first kappa shape index (κ1) is 21.4. The average Bonchev–Trinajstić information content (AvgIpc) is 3.02. The van der Waals surface area contributed by atoms with Gasteiger partial charge in [0.15, 0.2) is 5.96 Å². The number of nitrogens with one attached hydrogen (secondary N) is 3. The molecule has 25 heavy (non-hydrogen) atoms. The maximum Gasteiger partial charge on any atom is 0.251 e. The zero-order valence-electron chi connectivity index (χ0n) is 14.8. The Morgan fingerprint density at radius 3 is 2.64 bits per heavy atom. The number of nitrogens with zero attached hydrogens (tertiary/aromatic N) is 1. The van der Waals surface area contributed by atoms with Crippen LogP contribution in [0.2, 0.25) is 0 Å². The van der Waals surface area contributed by atoms with Gasteiger partial charge in [-0.05, 0) is 43.2 Å². The predicted octanol–water partition coefficient (Wildman–Crippen LogP) is 2.94. The van der Waals surface area contributed by atoms with Gasteiger partial charge in [0.25, 0.3) is 5.91 Å². The van der Waals surface area contributed by atoms with Gasteiger partial charge in [-0.2, -0.15) is 0 Å². The molecule has 5 nitrogen and oxygen atoms in total. The van der Waals surface area contributed by atoms with Crippen molar-refractivity contribution >= 4 is 47.2 Å². The minimum absolute atomic E-state index is 0. The lowest BCUT2D eigenvalue weighted by Crippen LogP contribution is -2.37. The van der Waals surface area contributed by atoms with Crippen LogP contribution in [-0.4, -0.2) is 32.5 Å². The van der Waals surface area contributed by atoms with Gasteiger partial charge >= 0.3 is 0 Å². The molecule has 0 saturated heterocycles. The number of aliphatic imine (C=N–C) groups is 1. The van der Waals surface area contributed by atoms with Gasteiger partial charge in [-0.3, -0.25) is 9.79 Å². The van der Waals surface area contributed by atoms with E-state index in [9.17, 15) is 4.79 Å². The third kappa shape index (κ3) is 7.03. The molecule has 0 aliphatic rings. The minimum atomic E-state index is -0.0615. The van der Waals surface area contributed by atoms with Crippen LogP contribution in [0.15, 0.2) is 41.4 Å². The minimum Gasteiger partial charge on any atom is -0.356 e. The first-order valence-corrected chi connectivity index (χ1v) is 8.75. The maximum atomic E-state index is 11.7. The molecule has 0 fully saturated rings. The fourth-order valence-electron chi connectivity index (χ4n) is 2.31. The molecule has 0 aliphatic heterocycles. The molecule has 0 spiro atoms. The SMILES string of the molecule is CN=C(NCCc1cccc(C(=O)NC)c1)NCc1ccc(C)s1.I. The van der Waals surface area contributed by atoms with E-state index in [-0.39, 0.29) is 29.9 Å². The summed E-state index contributed by atoms with van der Waals surface area (Å²) in [5.41, 5.74) is 1.80. The van der Waals surface area contributed by atoms with E-state index >= 15 is 0 Å². The summed E-state index contributed by atoms with van der Waals surface area (Å²) in [5, 5.41) is 9.25. The van der Waals surface area contributed by atoms with E-state index in [1.165, 1.54) is 9.75 Å². The number of benzene rings is 1. The third-order valence-electron chi connectivity index (χ3n) is 3.57. The molecule has 0 radical (unpaired) electrons. The van der Waals surface area contributed by atoms with Gasteiger partial charge in [0, 0.05) is 36.0 Å². The first-order valence-electron chi connectivity index (χ1n) is 7.93. The topological polar surface area (TPSA) is 65.5 Å². The molecule has 2 aromatic rings. The zero-order valence-corrected chi connectivity index (χ0v) is 17.9. The van der Waals surface area contributed by atoms with E-state index in [4.69, 9.17) is 0 Å². The molecule has 7 heteroatoms. The second kappa shape index (κ2) is 11.1. The van der Waals surface area contributed by atoms with Crippen molar-refractivity contribution in [3.63, 3.8) is 0 Å². The zero-order chi connectivity index (χ0) is 17.4. The highest BCUT2D eigenvalue weighted by Gasteiger charge is 2.04. The number of halogens is 1. The van der Waals surface area contributed by atoms with Crippen molar-refractivity contribution in [3.05, 3.63) is 57.3 Å². The molecule has 0 unspecified atom stereocenters. The number of carbonyl (C=O) groups excluding carboxylic acids is 1. The van der Waals surface area contributed by atoms with Crippen LogP contribution in [0.4, 0.5) is 0 Å². The number of rotatable bonds is 6. The Hall–Kier alpha value is -1.61. The molecule has 2 rings (SSSR count). The second-order valence-electron chi connectivity index (χ2n) is 5.39. The summed E-state index contributed by atoms with van der Waals surface area (Å²) in [4.78, 5) is 18.5. The Bertz CT molecular complexity index is 715. The van der Waals surface area contributed by atoms with Crippen molar-refractivity contribution in [2.45, 2.75) is 19.9 Å². The van der Waals surface area contributed by atoms with Crippen LogP contribution in [-0.2, 0) is 13.0 Å². The van der Waals surface area contributed by atoms with Gasteiger partial charge in [-0.25, -0.2) is 0 Å². The molecule has 0 aliphatic carbocycles. The lowest BCUT2D eigenvalue weighted by molar-refractivity contribution is 0.0963. The van der Waals surface area contributed by atoms with Crippen molar-refractivity contribution in [2.24, 2.45) is 4.99 Å². The van der Waals surface area contributed by atoms with E-state index in [2.05, 4.69) is 40.0 Å². The number of amides is 1. The van der Waals surface area contributed by atoms with E-state index in [1.807, 2.05) is 24.3 Å². The second-order valence-corrected chi connectivity index (χ2v) is 6.77. The van der Waals surface area contributed by atoms with Crippen LogP contribution in [0.3, 0.4) is 0 Å². The summed E-state index contributed by atoms with van der Waals surface area (Å²) >= 11 is 1.78. The number of guanidine groups is 1. The largest absolute Gasteiger partial charge is 0.356 e. The number of hydrogen-bond acceptors (Lipinski definition) is 3. The normalized spacial score (nSPS) is 10.8. The molecule has 0 atom stereocenters. The van der Waals surface area contributed by atoms with Crippen LogP contribution < -0.4 is 16.0 Å². The number of thiophene rings is 1. The number of aryl methyl sites for hydroxylation is 1. The predicted molar refractivity (Wildman–Crippen MR) is 116 cm³/mol. The fourth-order valence-corrected chi connectivity index (χ4v) is 3.14. The van der Waals surface area contributed by atoms with Gasteiger partial charge in [0.1, 0.15) is 0 Å². The molecular formula is C18H25IN4OS. The number of hydrogen-bond donors (Lipinski definition) is 3. The van der Waals surface area contributed by atoms with Gasteiger partial charge in [0.05, 0.1) is 6.54 Å². The van der Waals surface area contributed by atoms with Crippen molar-refractivity contribution in [1.82, 2.24) is 16.0 Å². The summed E-state index contributed by atoms with van der Waals surface area (Å²) in [7, 11) is 3.41. The summed E-state index contributed by atoms with van der Waals surface area (Å²) in [6.45, 7) is 3.62. The van der Waals surface area contributed by atoms with Crippen LogP contribution in [0.5, 0.6) is 0 Å². The quantitative estimate of drug-likeness (QED) is 0.344. The molecule has 3 N–H and O–H groups in total. The Morgan fingerprint density at radius 1 is 1.20 bits per heavy atom. The molecule has 0 saturated carbocycles. The van der Waals surface area contributed by atoms with Crippen molar-refractivity contribution in [1.29, 1.82) is 0 Å². The van der Waals surface area contributed by atoms with Crippen molar-refractivity contribution in [3.8, 4) is 0 Å². The van der Waals surface area contributed by atoms with Crippen LogP contribution in [0.25, 0.3) is 0 Å². The van der Waals surface area contributed by atoms with E-state index < -0.39 is 0 Å². The van der Waals surface area contributed by atoms with Crippen LogP contribution in [0, 0.1) is 6.92 Å².